The maximum absolute atomic E-state index is 12.1. The van der Waals surface area contributed by atoms with Crippen molar-refractivity contribution in [3.8, 4) is 0 Å². The van der Waals surface area contributed by atoms with Gasteiger partial charge in [0.25, 0.3) is 5.91 Å². The third kappa shape index (κ3) is 6.09. The SMILES string of the molecule is CCCN(CC)c1ccc(C(=O)NCC2CNCC2O)cn1.Cl.Cl. The number of hydrogen-bond acceptors (Lipinski definition) is 5. The van der Waals surface area contributed by atoms with Crippen LogP contribution < -0.4 is 15.5 Å². The fraction of sp³-hybridized carbons (Fsp3) is 0.625. The van der Waals surface area contributed by atoms with Crippen LogP contribution in [0.5, 0.6) is 0 Å². The number of aliphatic hydroxyl groups excluding tert-OH is 1. The summed E-state index contributed by atoms with van der Waals surface area (Å²) in [6.07, 6.45) is 2.30. The molecule has 6 nitrogen and oxygen atoms in total. The van der Waals surface area contributed by atoms with Gasteiger partial charge in [-0.15, -0.1) is 24.8 Å². The number of carbonyl (C=O) groups is 1. The Bertz CT molecular complexity index is 487. The minimum Gasteiger partial charge on any atom is -0.391 e. The molecule has 0 saturated carbocycles. The number of pyridine rings is 1. The second kappa shape index (κ2) is 11.5. The number of halogens is 2. The summed E-state index contributed by atoms with van der Waals surface area (Å²) in [5.41, 5.74) is 0.553. The highest BCUT2D eigenvalue weighted by Crippen LogP contribution is 2.12. The molecule has 1 aliphatic heterocycles. The number of β-amino-alcohol motifs (C(OH)–C–C–N with tert-alkyl or cyclic N) is 1. The first kappa shape index (κ1) is 22.9. The van der Waals surface area contributed by atoms with Crippen molar-refractivity contribution >= 4 is 36.5 Å². The minimum absolute atomic E-state index is 0. The van der Waals surface area contributed by atoms with E-state index in [0.29, 0.717) is 18.7 Å². The van der Waals surface area contributed by atoms with Gasteiger partial charge in [-0.2, -0.15) is 0 Å². The fourth-order valence-electron chi connectivity index (χ4n) is 2.67. The molecule has 1 saturated heterocycles. The lowest BCUT2D eigenvalue weighted by Crippen LogP contribution is -2.34. The molecule has 2 unspecified atom stereocenters. The molecule has 2 atom stereocenters. The first-order valence-corrected chi connectivity index (χ1v) is 8.03. The normalized spacial score (nSPS) is 19.1. The van der Waals surface area contributed by atoms with Crippen LogP contribution >= 0.6 is 24.8 Å². The molecule has 2 heterocycles. The average Bonchev–Trinajstić information content (AvgIpc) is 2.95. The maximum Gasteiger partial charge on any atom is 0.252 e. The number of aliphatic hydroxyl groups is 1. The Morgan fingerprint density at radius 3 is 2.62 bits per heavy atom. The van der Waals surface area contributed by atoms with E-state index < -0.39 is 0 Å². The summed E-state index contributed by atoms with van der Waals surface area (Å²) in [6, 6.07) is 3.69. The van der Waals surface area contributed by atoms with Crippen LogP contribution in [0.15, 0.2) is 18.3 Å². The van der Waals surface area contributed by atoms with E-state index in [4.69, 9.17) is 0 Å². The second-order valence-electron chi connectivity index (χ2n) is 5.68. The van der Waals surface area contributed by atoms with Crippen molar-refractivity contribution in [1.82, 2.24) is 15.6 Å². The van der Waals surface area contributed by atoms with E-state index >= 15 is 0 Å². The van der Waals surface area contributed by atoms with Crippen molar-refractivity contribution in [3.63, 3.8) is 0 Å². The third-order valence-corrected chi connectivity index (χ3v) is 4.04. The zero-order valence-corrected chi connectivity index (χ0v) is 15.8. The summed E-state index contributed by atoms with van der Waals surface area (Å²) in [5.74, 6) is 0.837. The van der Waals surface area contributed by atoms with Gasteiger partial charge in [0.2, 0.25) is 0 Å². The quantitative estimate of drug-likeness (QED) is 0.669. The van der Waals surface area contributed by atoms with Crippen LogP contribution in [0.4, 0.5) is 5.82 Å². The van der Waals surface area contributed by atoms with Crippen LogP contribution in [-0.2, 0) is 0 Å². The average molecular weight is 379 g/mol. The molecular weight excluding hydrogens is 351 g/mol. The number of hydrogen-bond donors (Lipinski definition) is 3. The lowest BCUT2D eigenvalue weighted by atomic mass is 10.1. The molecule has 1 amide bonds. The van der Waals surface area contributed by atoms with Gasteiger partial charge in [-0.25, -0.2) is 4.98 Å². The Morgan fingerprint density at radius 1 is 1.38 bits per heavy atom. The Labute approximate surface area is 156 Å². The number of anilines is 1. The molecule has 0 spiro atoms. The molecule has 1 aliphatic rings. The van der Waals surface area contributed by atoms with E-state index in [1.807, 2.05) is 6.07 Å². The molecule has 8 heteroatoms. The van der Waals surface area contributed by atoms with E-state index in [0.717, 1.165) is 31.9 Å². The first-order valence-electron chi connectivity index (χ1n) is 8.03. The van der Waals surface area contributed by atoms with Crippen molar-refractivity contribution in [2.45, 2.75) is 26.4 Å². The molecule has 0 aromatic carbocycles. The summed E-state index contributed by atoms with van der Waals surface area (Å²) < 4.78 is 0. The van der Waals surface area contributed by atoms with Crippen molar-refractivity contribution in [2.75, 3.05) is 37.6 Å². The van der Waals surface area contributed by atoms with Gasteiger partial charge in [-0.1, -0.05) is 6.92 Å². The topological polar surface area (TPSA) is 77.5 Å². The second-order valence-corrected chi connectivity index (χ2v) is 5.68. The molecule has 3 N–H and O–H groups in total. The van der Waals surface area contributed by atoms with E-state index in [-0.39, 0.29) is 42.7 Å². The number of amides is 1. The van der Waals surface area contributed by atoms with Crippen LogP contribution in [0.2, 0.25) is 0 Å². The molecule has 2 rings (SSSR count). The Balaban J connectivity index is 0.00000264. The Morgan fingerprint density at radius 2 is 2.12 bits per heavy atom. The van der Waals surface area contributed by atoms with Gasteiger partial charge < -0.3 is 20.6 Å². The minimum atomic E-state index is -0.382. The standard InChI is InChI=1S/C16H26N4O2.2ClH/c1-3-7-20(4-2)15-6-5-12(9-18-15)16(22)19-10-13-8-17-11-14(13)21;;/h5-6,9,13-14,17,21H,3-4,7-8,10-11H2,1-2H3,(H,19,22);2*1H. The van der Waals surface area contributed by atoms with Crippen molar-refractivity contribution in [3.05, 3.63) is 23.9 Å². The number of nitrogens with one attached hydrogen (secondary N) is 2. The maximum atomic E-state index is 12.1. The lowest BCUT2D eigenvalue weighted by molar-refractivity contribution is 0.0926. The van der Waals surface area contributed by atoms with E-state index in [1.54, 1.807) is 12.3 Å². The molecule has 24 heavy (non-hydrogen) atoms. The molecule has 1 fully saturated rings. The molecule has 1 aromatic rings. The first-order chi connectivity index (χ1) is 10.7. The number of aromatic nitrogens is 1. The summed E-state index contributed by atoms with van der Waals surface area (Å²) in [4.78, 5) is 18.7. The van der Waals surface area contributed by atoms with Crippen LogP contribution in [0.25, 0.3) is 0 Å². The zero-order chi connectivity index (χ0) is 15.9. The van der Waals surface area contributed by atoms with Gasteiger partial charge in [0.15, 0.2) is 0 Å². The molecule has 0 bridgehead atoms. The largest absolute Gasteiger partial charge is 0.391 e. The highest BCUT2D eigenvalue weighted by atomic mass is 35.5. The summed E-state index contributed by atoms with van der Waals surface area (Å²) in [6.45, 7) is 7.91. The summed E-state index contributed by atoms with van der Waals surface area (Å²) in [7, 11) is 0. The summed E-state index contributed by atoms with van der Waals surface area (Å²) >= 11 is 0. The van der Waals surface area contributed by atoms with Gasteiger partial charge in [-0.05, 0) is 25.5 Å². The van der Waals surface area contributed by atoms with Gasteiger partial charge in [0, 0.05) is 44.8 Å². The zero-order valence-electron chi connectivity index (χ0n) is 14.2. The molecule has 0 aliphatic carbocycles. The highest BCUT2D eigenvalue weighted by molar-refractivity contribution is 5.94. The molecule has 138 valence electrons. The van der Waals surface area contributed by atoms with Crippen molar-refractivity contribution < 1.29 is 9.90 Å². The third-order valence-electron chi connectivity index (χ3n) is 4.04. The highest BCUT2D eigenvalue weighted by Gasteiger charge is 2.25. The fourth-order valence-corrected chi connectivity index (χ4v) is 2.67. The van der Waals surface area contributed by atoms with Crippen LogP contribution in [-0.4, -0.2) is 54.8 Å². The summed E-state index contributed by atoms with van der Waals surface area (Å²) in [5, 5.41) is 15.7. The molecule has 0 radical (unpaired) electrons. The van der Waals surface area contributed by atoms with E-state index in [1.165, 1.54) is 0 Å². The Kier molecular flexibility index (Phi) is 11.0. The lowest BCUT2D eigenvalue weighted by Gasteiger charge is -2.21. The van der Waals surface area contributed by atoms with Crippen LogP contribution in [0.1, 0.15) is 30.6 Å². The number of nitrogens with zero attached hydrogens (tertiary/aromatic N) is 2. The monoisotopic (exact) mass is 378 g/mol. The van der Waals surface area contributed by atoms with Gasteiger partial charge in [0.1, 0.15) is 5.82 Å². The van der Waals surface area contributed by atoms with E-state index in [9.17, 15) is 9.90 Å². The van der Waals surface area contributed by atoms with E-state index in [2.05, 4.69) is 34.4 Å². The van der Waals surface area contributed by atoms with Crippen LogP contribution in [0, 0.1) is 5.92 Å². The smallest absolute Gasteiger partial charge is 0.252 e. The number of rotatable bonds is 7. The molecule has 1 aromatic heterocycles. The van der Waals surface area contributed by atoms with Crippen molar-refractivity contribution in [1.29, 1.82) is 0 Å². The van der Waals surface area contributed by atoms with Gasteiger partial charge in [-0.3, -0.25) is 4.79 Å². The van der Waals surface area contributed by atoms with Gasteiger partial charge in [0.05, 0.1) is 11.7 Å². The van der Waals surface area contributed by atoms with Crippen molar-refractivity contribution in [2.24, 2.45) is 5.92 Å². The molecular formula is C16H28Cl2N4O2. The predicted molar refractivity (Wildman–Crippen MR) is 102 cm³/mol. The predicted octanol–water partition coefficient (Wildman–Crippen LogP) is 1.47. The van der Waals surface area contributed by atoms with Crippen LogP contribution in [0.3, 0.4) is 0 Å². The van der Waals surface area contributed by atoms with Gasteiger partial charge >= 0.3 is 0 Å². The number of carbonyl (C=O) groups excluding carboxylic acids is 1. The Hall–Kier alpha value is -1.08.